The number of carbonyl (C=O) groups is 3. The number of esters is 1. The molecule has 2 rings (SSSR count). The SMILES string of the molecule is CSc1ccc(/C=C/C(=O)O[C@H](C)C(=O)Nc2sccc2C(N)=O)cc1. The Morgan fingerprint density at radius 3 is 2.54 bits per heavy atom. The van der Waals surface area contributed by atoms with E-state index in [2.05, 4.69) is 5.32 Å². The van der Waals surface area contributed by atoms with Crippen LogP contribution < -0.4 is 11.1 Å². The molecule has 6 nitrogen and oxygen atoms in total. The first-order valence-electron chi connectivity index (χ1n) is 7.61. The summed E-state index contributed by atoms with van der Waals surface area (Å²) in [5.41, 5.74) is 6.29. The van der Waals surface area contributed by atoms with E-state index in [0.29, 0.717) is 5.00 Å². The fourth-order valence-electron chi connectivity index (χ4n) is 1.96. The zero-order valence-electron chi connectivity index (χ0n) is 14.2. The van der Waals surface area contributed by atoms with Crippen molar-refractivity contribution in [3.63, 3.8) is 0 Å². The third-order valence-corrected chi connectivity index (χ3v) is 4.93. The van der Waals surface area contributed by atoms with E-state index >= 15 is 0 Å². The van der Waals surface area contributed by atoms with Gasteiger partial charge in [0.15, 0.2) is 6.10 Å². The second-order valence-corrected chi connectivity index (χ2v) is 7.00. The van der Waals surface area contributed by atoms with Crippen molar-refractivity contribution in [3.05, 3.63) is 52.9 Å². The van der Waals surface area contributed by atoms with Crippen LogP contribution >= 0.6 is 23.1 Å². The molecule has 0 unspecified atom stereocenters. The van der Waals surface area contributed by atoms with Gasteiger partial charge in [-0.15, -0.1) is 23.1 Å². The summed E-state index contributed by atoms with van der Waals surface area (Å²) in [4.78, 5) is 36.4. The number of thioether (sulfide) groups is 1. The second kappa shape index (κ2) is 9.21. The highest BCUT2D eigenvalue weighted by molar-refractivity contribution is 7.98. The first-order valence-corrected chi connectivity index (χ1v) is 9.72. The number of ether oxygens (including phenoxy) is 1. The molecule has 8 heteroatoms. The van der Waals surface area contributed by atoms with Crippen LogP contribution in [0.1, 0.15) is 22.8 Å². The molecule has 1 atom stereocenters. The maximum absolute atomic E-state index is 12.1. The lowest BCUT2D eigenvalue weighted by Gasteiger charge is -2.12. The van der Waals surface area contributed by atoms with E-state index in [9.17, 15) is 14.4 Å². The van der Waals surface area contributed by atoms with E-state index in [4.69, 9.17) is 10.5 Å². The van der Waals surface area contributed by atoms with Crippen molar-refractivity contribution in [2.24, 2.45) is 5.73 Å². The molecule has 1 heterocycles. The average Bonchev–Trinajstić information content (AvgIpc) is 3.08. The predicted octanol–water partition coefficient (Wildman–Crippen LogP) is 3.15. The van der Waals surface area contributed by atoms with Gasteiger partial charge in [0.1, 0.15) is 5.00 Å². The normalized spacial score (nSPS) is 11.9. The van der Waals surface area contributed by atoms with E-state index in [1.807, 2.05) is 30.5 Å². The highest BCUT2D eigenvalue weighted by Gasteiger charge is 2.19. The van der Waals surface area contributed by atoms with E-state index in [0.717, 1.165) is 21.8 Å². The van der Waals surface area contributed by atoms with Crippen LogP contribution in [0.2, 0.25) is 0 Å². The Morgan fingerprint density at radius 2 is 1.92 bits per heavy atom. The van der Waals surface area contributed by atoms with Gasteiger partial charge < -0.3 is 15.8 Å². The van der Waals surface area contributed by atoms with Crippen molar-refractivity contribution in [1.82, 2.24) is 0 Å². The Kier molecular flexibility index (Phi) is 6.99. The molecule has 0 radical (unpaired) electrons. The zero-order valence-corrected chi connectivity index (χ0v) is 15.9. The third kappa shape index (κ3) is 5.47. The third-order valence-electron chi connectivity index (χ3n) is 3.36. The van der Waals surface area contributed by atoms with Gasteiger partial charge in [-0.1, -0.05) is 12.1 Å². The van der Waals surface area contributed by atoms with Crippen LogP contribution in [0.5, 0.6) is 0 Å². The molecule has 0 bridgehead atoms. The van der Waals surface area contributed by atoms with Gasteiger partial charge in [-0.05, 0) is 48.4 Å². The maximum Gasteiger partial charge on any atom is 0.331 e. The van der Waals surface area contributed by atoms with Gasteiger partial charge in [0.2, 0.25) is 0 Å². The van der Waals surface area contributed by atoms with Gasteiger partial charge in [-0.25, -0.2) is 4.79 Å². The molecule has 3 N–H and O–H groups in total. The van der Waals surface area contributed by atoms with Crippen LogP contribution in [0.4, 0.5) is 5.00 Å². The van der Waals surface area contributed by atoms with Crippen LogP contribution in [-0.4, -0.2) is 30.1 Å². The number of primary amides is 1. The topological polar surface area (TPSA) is 98.5 Å². The number of hydrogen-bond donors (Lipinski definition) is 2. The number of rotatable bonds is 7. The Morgan fingerprint density at radius 1 is 1.23 bits per heavy atom. The molecule has 2 amide bonds. The molecular weight excluding hydrogens is 372 g/mol. The minimum atomic E-state index is -1.02. The molecule has 1 aromatic carbocycles. The van der Waals surface area contributed by atoms with Crippen LogP contribution in [0.3, 0.4) is 0 Å². The van der Waals surface area contributed by atoms with Crippen molar-refractivity contribution in [1.29, 1.82) is 0 Å². The Bertz CT molecular complexity index is 828. The highest BCUT2D eigenvalue weighted by Crippen LogP contribution is 2.23. The first kappa shape index (κ1) is 19.7. The van der Waals surface area contributed by atoms with Crippen molar-refractivity contribution < 1.29 is 19.1 Å². The largest absolute Gasteiger partial charge is 0.449 e. The van der Waals surface area contributed by atoms with Crippen LogP contribution in [0, 0.1) is 0 Å². The summed E-state index contributed by atoms with van der Waals surface area (Å²) in [6, 6.07) is 9.18. The molecule has 1 aromatic heterocycles. The number of amides is 2. The molecule has 0 aliphatic heterocycles. The van der Waals surface area contributed by atoms with Gasteiger partial charge in [-0.3, -0.25) is 9.59 Å². The molecular formula is C18H18N2O4S2. The summed E-state index contributed by atoms with van der Waals surface area (Å²) in [6.45, 7) is 1.45. The lowest BCUT2D eigenvalue weighted by molar-refractivity contribution is -0.148. The first-order chi connectivity index (χ1) is 12.4. The number of carbonyl (C=O) groups excluding carboxylic acids is 3. The highest BCUT2D eigenvalue weighted by atomic mass is 32.2. The van der Waals surface area contributed by atoms with Crippen molar-refractivity contribution in [3.8, 4) is 0 Å². The summed E-state index contributed by atoms with van der Waals surface area (Å²) in [7, 11) is 0. The number of nitrogens with one attached hydrogen (secondary N) is 1. The van der Waals surface area contributed by atoms with Crippen molar-refractivity contribution in [2.45, 2.75) is 17.9 Å². The smallest absolute Gasteiger partial charge is 0.331 e. The van der Waals surface area contributed by atoms with Gasteiger partial charge in [0.05, 0.1) is 5.56 Å². The number of hydrogen-bond acceptors (Lipinski definition) is 6. The summed E-state index contributed by atoms with van der Waals surface area (Å²) in [5, 5.41) is 4.50. The van der Waals surface area contributed by atoms with E-state index in [1.54, 1.807) is 23.2 Å². The summed E-state index contributed by atoms with van der Waals surface area (Å²) in [5.74, 6) is -1.81. The number of anilines is 1. The van der Waals surface area contributed by atoms with Gasteiger partial charge in [-0.2, -0.15) is 0 Å². The predicted molar refractivity (Wildman–Crippen MR) is 104 cm³/mol. The Balaban J connectivity index is 1.90. The van der Waals surface area contributed by atoms with E-state index in [1.165, 1.54) is 19.1 Å². The van der Waals surface area contributed by atoms with E-state index < -0.39 is 23.9 Å². The molecule has 26 heavy (non-hydrogen) atoms. The number of benzene rings is 1. The van der Waals surface area contributed by atoms with Gasteiger partial charge >= 0.3 is 5.97 Å². The van der Waals surface area contributed by atoms with E-state index in [-0.39, 0.29) is 5.56 Å². The van der Waals surface area contributed by atoms with Crippen LogP contribution in [0.15, 0.2) is 46.7 Å². The van der Waals surface area contributed by atoms with Gasteiger partial charge in [0, 0.05) is 11.0 Å². The standard InChI is InChI=1S/C18H18N2O4S2/c1-11(17(23)20-18-14(16(19)22)9-10-26-18)24-15(21)8-5-12-3-6-13(25-2)7-4-12/h3-11H,1-2H3,(H2,19,22)(H,20,23)/b8-5+/t11-/m1/s1. The maximum atomic E-state index is 12.1. The zero-order chi connectivity index (χ0) is 19.1. The molecule has 0 spiro atoms. The van der Waals surface area contributed by atoms with Crippen LogP contribution in [-0.2, 0) is 14.3 Å². The molecule has 0 fully saturated rings. The number of nitrogens with two attached hydrogens (primary N) is 1. The molecule has 0 aliphatic carbocycles. The minimum Gasteiger partial charge on any atom is -0.449 e. The molecule has 0 aliphatic rings. The van der Waals surface area contributed by atoms with Crippen molar-refractivity contribution in [2.75, 3.05) is 11.6 Å². The molecule has 0 saturated heterocycles. The monoisotopic (exact) mass is 390 g/mol. The summed E-state index contributed by atoms with van der Waals surface area (Å²) in [6.07, 6.45) is 3.84. The second-order valence-electron chi connectivity index (χ2n) is 5.20. The number of thiophene rings is 1. The fourth-order valence-corrected chi connectivity index (χ4v) is 3.16. The summed E-state index contributed by atoms with van der Waals surface area (Å²) < 4.78 is 5.07. The lowest BCUT2D eigenvalue weighted by atomic mass is 10.2. The molecule has 136 valence electrons. The van der Waals surface area contributed by atoms with Gasteiger partial charge in [0.25, 0.3) is 11.8 Å². The quantitative estimate of drug-likeness (QED) is 0.430. The lowest BCUT2D eigenvalue weighted by Crippen LogP contribution is -2.29. The van der Waals surface area contributed by atoms with Crippen LogP contribution in [0.25, 0.3) is 6.08 Å². The van der Waals surface area contributed by atoms with Crippen molar-refractivity contribution >= 4 is 52.0 Å². The molecule has 0 saturated carbocycles. The Hall–Kier alpha value is -2.58. The molecule has 2 aromatic rings. The fraction of sp³-hybridized carbons (Fsp3) is 0.167. The Labute approximate surface area is 159 Å². The average molecular weight is 390 g/mol. The summed E-state index contributed by atoms with van der Waals surface area (Å²) >= 11 is 2.79. The minimum absolute atomic E-state index is 0.218.